The van der Waals surface area contributed by atoms with Crippen LogP contribution in [0.25, 0.3) is 0 Å². The van der Waals surface area contributed by atoms with Crippen LogP contribution < -0.4 is 10.2 Å². The smallest absolute Gasteiger partial charge is 0.225 e. The Morgan fingerprint density at radius 1 is 1.45 bits per heavy atom. The Morgan fingerprint density at radius 3 is 3.00 bits per heavy atom. The predicted octanol–water partition coefficient (Wildman–Crippen LogP) is 1.74. The lowest BCUT2D eigenvalue weighted by Crippen LogP contribution is -2.46. The summed E-state index contributed by atoms with van der Waals surface area (Å²) in [6.07, 6.45) is 1.74. The number of hydrogen-bond donors (Lipinski definition) is 1. The Bertz CT molecular complexity index is 573. The molecule has 0 spiro atoms. The molecule has 20 heavy (non-hydrogen) atoms. The molecular formula is C15H17FN2O2. The van der Waals surface area contributed by atoms with Gasteiger partial charge in [0.15, 0.2) is 5.78 Å². The molecule has 3 rings (SSSR count). The number of hydrogen-bond acceptors (Lipinski definition) is 3. The summed E-state index contributed by atoms with van der Waals surface area (Å²) in [7, 11) is 0. The Balaban J connectivity index is 2.02. The minimum absolute atomic E-state index is 0.0242. The molecule has 5 heteroatoms. The number of rotatable bonds is 2. The minimum Gasteiger partial charge on any atom is -0.365 e. The number of carbonyl (C=O) groups is 2. The fourth-order valence-corrected chi connectivity index (χ4v) is 3.35. The van der Waals surface area contributed by atoms with Crippen LogP contribution in [-0.4, -0.2) is 30.8 Å². The predicted molar refractivity (Wildman–Crippen MR) is 73.3 cm³/mol. The van der Waals surface area contributed by atoms with Crippen LogP contribution in [0.2, 0.25) is 0 Å². The fraction of sp³-hybridized carbons (Fsp3) is 0.467. The summed E-state index contributed by atoms with van der Waals surface area (Å²) in [6.45, 7) is 2.69. The average molecular weight is 276 g/mol. The van der Waals surface area contributed by atoms with Gasteiger partial charge in [0.05, 0.1) is 23.2 Å². The number of Topliss-reactive ketones (excluding diaryl/α,β-unsaturated/α-hetero) is 1. The maximum absolute atomic E-state index is 13.9. The van der Waals surface area contributed by atoms with Gasteiger partial charge in [0, 0.05) is 13.1 Å². The molecule has 106 valence electrons. The van der Waals surface area contributed by atoms with Crippen molar-refractivity contribution in [3.63, 3.8) is 0 Å². The van der Waals surface area contributed by atoms with E-state index in [0.717, 1.165) is 19.4 Å². The van der Waals surface area contributed by atoms with Crippen molar-refractivity contribution in [1.29, 1.82) is 0 Å². The summed E-state index contributed by atoms with van der Waals surface area (Å²) in [5.74, 6) is -0.751. The van der Waals surface area contributed by atoms with Gasteiger partial charge in [-0.25, -0.2) is 4.39 Å². The van der Waals surface area contributed by atoms with Crippen molar-refractivity contribution in [3.8, 4) is 0 Å². The van der Waals surface area contributed by atoms with Crippen molar-refractivity contribution in [1.82, 2.24) is 5.32 Å². The molecule has 0 radical (unpaired) electrons. The zero-order valence-corrected chi connectivity index (χ0v) is 11.4. The lowest BCUT2D eigenvalue weighted by atomic mass is 9.90. The molecule has 0 aliphatic carbocycles. The van der Waals surface area contributed by atoms with Crippen molar-refractivity contribution in [2.75, 3.05) is 18.0 Å². The van der Waals surface area contributed by atoms with Gasteiger partial charge in [-0.3, -0.25) is 9.59 Å². The van der Waals surface area contributed by atoms with Crippen LogP contribution in [0.15, 0.2) is 18.2 Å². The van der Waals surface area contributed by atoms with Gasteiger partial charge in [0.25, 0.3) is 0 Å². The van der Waals surface area contributed by atoms with Crippen molar-refractivity contribution in [2.45, 2.75) is 25.8 Å². The van der Waals surface area contributed by atoms with Crippen LogP contribution in [0.1, 0.15) is 30.1 Å². The first-order valence-corrected chi connectivity index (χ1v) is 6.93. The number of carbonyl (C=O) groups excluding carboxylic acids is 2. The number of amides is 1. The highest BCUT2D eigenvalue weighted by Crippen LogP contribution is 2.34. The molecule has 2 saturated heterocycles. The van der Waals surface area contributed by atoms with E-state index in [-0.39, 0.29) is 29.2 Å². The van der Waals surface area contributed by atoms with Gasteiger partial charge in [0.1, 0.15) is 5.82 Å². The van der Waals surface area contributed by atoms with Crippen LogP contribution in [0.4, 0.5) is 10.1 Å². The van der Waals surface area contributed by atoms with Gasteiger partial charge in [-0.2, -0.15) is 0 Å². The topological polar surface area (TPSA) is 49.4 Å². The molecule has 2 aliphatic rings. The number of ketones is 1. The molecule has 1 N–H and O–H groups in total. The average Bonchev–Trinajstić information content (AvgIpc) is 2.80. The molecule has 1 amide bonds. The van der Waals surface area contributed by atoms with E-state index >= 15 is 0 Å². The van der Waals surface area contributed by atoms with Gasteiger partial charge in [0.2, 0.25) is 5.91 Å². The number of fused-ring (bicyclic) bond motifs is 1. The quantitative estimate of drug-likeness (QED) is 0.837. The molecule has 0 bridgehead atoms. The van der Waals surface area contributed by atoms with Crippen molar-refractivity contribution >= 4 is 17.4 Å². The second kappa shape index (κ2) is 4.89. The molecule has 0 aromatic heterocycles. The largest absolute Gasteiger partial charge is 0.365 e. The van der Waals surface area contributed by atoms with Gasteiger partial charge in [-0.15, -0.1) is 0 Å². The monoisotopic (exact) mass is 276 g/mol. The van der Waals surface area contributed by atoms with E-state index in [0.29, 0.717) is 12.2 Å². The standard InChI is InChI=1S/C15H17FN2O2/c1-9(19)14-11(16)5-2-6-12(14)18-7-3-4-10-13(18)8-17-15(10)20/h2,5-6,10,13H,3-4,7-8H2,1H3,(H,17,20). The minimum atomic E-state index is -0.491. The van der Waals surface area contributed by atoms with E-state index in [1.165, 1.54) is 13.0 Å². The van der Waals surface area contributed by atoms with Crippen LogP contribution in [0, 0.1) is 11.7 Å². The Kier molecular flexibility index (Phi) is 3.20. The van der Waals surface area contributed by atoms with Crippen molar-refractivity contribution in [3.05, 3.63) is 29.6 Å². The maximum atomic E-state index is 13.9. The van der Waals surface area contributed by atoms with E-state index in [4.69, 9.17) is 0 Å². The summed E-state index contributed by atoms with van der Waals surface area (Å²) in [5.41, 5.74) is 0.746. The van der Waals surface area contributed by atoms with Crippen LogP contribution >= 0.6 is 0 Å². The first-order valence-electron chi connectivity index (χ1n) is 6.93. The first kappa shape index (κ1) is 13.1. The summed E-state index contributed by atoms with van der Waals surface area (Å²) in [6, 6.07) is 4.71. The zero-order chi connectivity index (χ0) is 14.3. The molecule has 4 nitrogen and oxygen atoms in total. The Hall–Kier alpha value is -1.91. The van der Waals surface area contributed by atoms with E-state index in [1.54, 1.807) is 12.1 Å². The van der Waals surface area contributed by atoms with E-state index in [2.05, 4.69) is 5.32 Å². The summed E-state index contributed by atoms with van der Waals surface area (Å²) in [5, 5.41) is 2.87. The SMILES string of the molecule is CC(=O)c1c(F)cccc1N1CCCC2C(=O)NCC21. The number of halogens is 1. The van der Waals surface area contributed by atoms with E-state index in [1.807, 2.05) is 4.90 Å². The van der Waals surface area contributed by atoms with Gasteiger partial charge in [-0.05, 0) is 31.9 Å². The number of piperidine rings is 1. The first-order chi connectivity index (χ1) is 9.59. The molecule has 2 unspecified atom stereocenters. The number of nitrogens with one attached hydrogen (secondary N) is 1. The summed E-state index contributed by atoms with van der Waals surface area (Å²) in [4.78, 5) is 25.5. The molecular weight excluding hydrogens is 259 g/mol. The second-order valence-electron chi connectivity index (χ2n) is 5.44. The van der Waals surface area contributed by atoms with Crippen LogP contribution in [0.3, 0.4) is 0 Å². The second-order valence-corrected chi connectivity index (χ2v) is 5.44. The van der Waals surface area contributed by atoms with Crippen molar-refractivity contribution < 1.29 is 14.0 Å². The highest BCUT2D eigenvalue weighted by atomic mass is 19.1. The van der Waals surface area contributed by atoms with Crippen molar-refractivity contribution in [2.24, 2.45) is 5.92 Å². The normalized spacial score (nSPS) is 25.3. The zero-order valence-electron chi connectivity index (χ0n) is 11.4. The highest BCUT2D eigenvalue weighted by Gasteiger charge is 2.41. The third kappa shape index (κ3) is 1.97. The van der Waals surface area contributed by atoms with Gasteiger partial charge >= 0.3 is 0 Å². The lowest BCUT2D eigenvalue weighted by Gasteiger charge is -2.38. The van der Waals surface area contributed by atoms with Crippen LogP contribution in [0.5, 0.6) is 0 Å². The van der Waals surface area contributed by atoms with Gasteiger partial charge in [-0.1, -0.05) is 6.07 Å². The molecule has 1 aromatic carbocycles. The maximum Gasteiger partial charge on any atom is 0.225 e. The van der Waals surface area contributed by atoms with Gasteiger partial charge < -0.3 is 10.2 Å². The molecule has 1 aromatic rings. The molecule has 0 saturated carbocycles. The molecule has 2 heterocycles. The van der Waals surface area contributed by atoms with E-state index in [9.17, 15) is 14.0 Å². The number of nitrogens with zero attached hydrogens (tertiary/aromatic N) is 1. The third-order valence-electron chi connectivity index (χ3n) is 4.25. The lowest BCUT2D eigenvalue weighted by molar-refractivity contribution is -0.122. The molecule has 2 aliphatic heterocycles. The number of anilines is 1. The fourth-order valence-electron chi connectivity index (χ4n) is 3.35. The number of benzene rings is 1. The Morgan fingerprint density at radius 2 is 2.25 bits per heavy atom. The van der Waals surface area contributed by atoms with E-state index < -0.39 is 5.82 Å². The summed E-state index contributed by atoms with van der Waals surface area (Å²) < 4.78 is 13.9. The Labute approximate surface area is 117 Å². The third-order valence-corrected chi connectivity index (χ3v) is 4.25. The van der Waals surface area contributed by atoms with Crippen LogP contribution in [-0.2, 0) is 4.79 Å². The molecule has 2 fully saturated rings. The summed E-state index contributed by atoms with van der Waals surface area (Å²) >= 11 is 0. The highest BCUT2D eigenvalue weighted by molar-refractivity contribution is 6.00. The molecule has 2 atom stereocenters.